The Bertz CT molecular complexity index is 320. The summed E-state index contributed by atoms with van der Waals surface area (Å²) < 4.78 is 6.02. The zero-order valence-electron chi connectivity index (χ0n) is 10.0. The number of hydrogen-bond donors (Lipinski definition) is 1. The van der Waals surface area contributed by atoms with E-state index in [1.165, 1.54) is 44.1 Å². The Morgan fingerprint density at radius 3 is 2.38 bits per heavy atom. The number of aryl methyl sites for hydroxylation is 1. The summed E-state index contributed by atoms with van der Waals surface area (Å²) in [4.78, 5) is 0. The van der Waals surface area contributed by atoms with Crippen molar-refractivity contribution in [3.63, 3.8) is 0 Å². The van der Waals surface area contributed by atoms with Gasteiger partial charge in [-0.15, -0.1) is 0 Å². The van der Waals surface area contributed by atoms with E-state index in [-0.39, 0.29) is 0 Å². The van der Waals surface area contributed by atoms with Gasteiger partial charge in [0.05, 0.1) is 6.10 Å². The van der Waals surface area contributed by atoms with Crippen molar-refractivity contribution in [2.75, 3.05) is 5.73 Å². The molecule has 2 nitrogen and oxygen atoms in total. The molecule has 1 aliphatic rings. The molecule has 0 amide bonds. The number of rotatable bonds is 2. The minimum absolute atomic E-state index is 0.392. The first-order valence-corrected chi connectivity index (χ1v) is 6.28. The van der Waals surface area contributed by atoms with Gasteiger partial charge in [0.25, 0.3) is 0 Å². The summed E-state index contributed by atoms with van der Waals surface area (Å²) in [7, 11) is 0. The fourth-order valence-electron chi connectivity index (χ4n) is 2.40. The second kappa shape index (κ2) is 5.24. The zero-order valence-corrected chi connectivity index (χ0v) is 10.0. The van der Waals surface area contributed by atoms with Gasteiger partial charge in [-0.25, -0.2) is 0 Å². The predicted molar refractivity (Wildman–Crippen MR) is 67.7 cm³/mol. The highest BCUT2D eigenvalue weighted by Gasteiger charge is 2.13. The average Bonchev–Trinajstić information content (AvgIpc) is 2.44. The van der Waals surface area contributed by atoms with Gasteiger partial charge >= 0.3 is 0 Å². The lowest BCUT2D eigenvalue weighted by molar-refractivity contribution is 0.184. The molecule has 1 aliphatic carbocycles. The summed E-state index contributed by atoms with van der Waals surface area (Å²) in [6.07, 6.45) is 8.08. The molecule has 0 saturated heterocycles. The SMILES string of the molecule is Cc1cc(N)cc(OC2CCCCCC2)c1. The molecule has 1 aromatic carbocycles. The molecule has 0 spiro atoms. The van der Waals surface area contributed by atoms with Gasteiger partial charge in [0.1, 0.15) is 5.75 Å². The van der Waals surface area contributed by atoms with Crippen molar-refractivity contribution in [3.8, 4) is 5.75 Å². The van der Waals surface area contributed by atoms with E-state index in [1.54, 1.807) is 0 Å². The van der Waals surface area contributed by atoms with Gasteiger partial charge in [-0.1, -0.05) is 12.8 Å². The fraction of sp³-hybridized carbons (Fsp3) is 0.571. The zero-order chi connectivity index (χ0) is 11.4. The van der Waals surface area contributed by atoms with Crippen LogP contribution >= 0.6 is 0 Å². The van der Waals surface area contributed by atoms with Gasteiger partial charge in [-0.3, -0.25) is 0 Å². The second-order valence-electron chi connectivity index (χ2n) is 4.81. The van der Waals surface area contributed by atoms with Gasteiger partial charge in [-0.2, -0.15) is 0 Å². The van der Waals surface area contributed by atoms with Crippen molar-refractivity contribution in [1.29, 1.82) is 0 Å². The monoisotopic (exact) mass is 219 g/mol. The third-order valence-corrected chi connectivity index (χ3v) is 3.18. The molecule has 0 aromatic heterocycles. The largest absolute Gasteiger partial charge is 0.490 e. The number of anilines is 1. The summed E-state index contributed by atoms with van der Waals surface area (Å²) in [6, 6.07) is 5.97. The third kappa shape index (κ3) is 3.16. The van der Waals surface area contributed by atoms with E-state index in [1.807, 2.05) is 12.1 Å². The molecular weight excluding hydrogens is 198 g/mol. The van der Waals surface area contributed by atoms with E-state index in [4.69, 9.17) is 10.5 Å². The quantitative estimate of drug-likeness (QED) is 0.608. The average molecular weight is 219 g/mol. The standard InChI is InChI=1S/C14H21NO/c1-11-8-12(15)10-14(9-11)16-13-6-4-2-3-5-7-13/h8-10,13H,2-7,15H2,1H3. The van der Waals surface area contributed by atoms with Crippen LogP contribution in [0.1, 0.15) is 44.1 Å². The molecule has 0 unspecified atom stereocenters. The summed E-state index contributed by atoms with van der Waals surface area (Å²) >= 11 is 0. The number of hydrogen-bond acceptors (Lipinski definition) is 2. The smallest absolute Gasteiger partial charge is 0.122 e. The minimum Gasteiger partial charge on any atom is -0.490 e. The maximum Gasteiger partial charge on any atom is 0.122 e. The number of ether oxygens (including phenoxy) is 1. The highest BCUT2D eigenvalue weighted by molar-refractivity contribution is 5.47. The topological polar surface area (TPSA) is 35.2 Å². The van der Waals surface area contributed by atoms with E-state index in [2.05, 4.69) is 13.0 Å². The Hall–Kier alpha value is -1.18. The van der Waals surface area contributed by atoms with Gasteiger partial charge in [0, 0.05) is 11.8 Å². The molecule has 1 saturated carbocycles. The van der Waals surface area contributed by atoms with Crippen LogP contribution in [0.4, 0.5) is 5.69 Å². The Labute approximate surface area is 97.8 Å². The molecule has 0 atom stereocenters. The molecule has 0 bridgehead atoms. The Morgan fingerprint density at radius 2 is 1.75 bits per heavy atom. The van der Waals surface area contributed by atoms with E-state index in [0.29, 0.717) is 6.10 Å². The van der Waals surface area contributed by atoms with Crippen LogP contribution in [0.2, 0.25) is 0 Å². The van der Waals surface area contributed by atoms with Crippen molar-refractivity contribution in [3.05, 3.63) is 23.8 Å². The van der Waals surface area contributed by atoms with E-state index < -0.39 is 0 Å². The van der Waals surface area contributed by atoms with Gasteiger partial charge in [-0.05, 0) is 50.3 Å². The molecule has 0 aliphatic heterocycles. The summed E-state index contributed by atoms with van der Waals surface area (Å²) in [5.41, 5.74) is 7.78. The third-order valence-electron chi connectivity index (χ3n) is 3.18. The lowest BCUT2D eigenvalue weighted by Crippen LogP contribution is -2.15. The molecule has 16 heavy (non-hydrogen) atoms. The van der Waals surface area contributed by atoms with Crippen molar-refractivity contribution in [1.82, 2.24) is 0 Å². The predicted octanol–water partition coefficient (Wildman–Crippen LogP) is 3.68. The Balaban J connectivity index is 2.01. The maximum atomic E-state index is 6.02. The van der Waals surface area contributed by atoms with Crippen molar-refractivity contribution in [2.24, 2.45) is 0 Å². The lowest BCUT2D eigenvalue weighted by atomic mass is 10.1. The number of nitrogen functional groups attached to an aromatic ring is 1. The maximum absolute atomic E-state index is 6.02. The number of nitrogens with two attached hydrogens (primary N) is 1. The summed E-state index contributed by atoms with van der Waals surface area (Å²) in [6.45, 7) is 2.05. The van der Waals surface area contributed by atoms with Crippen molar-refractivity contribution >= 4 is 5.69 Å². The van der Waals surface area contributed by atoms with E-state index in [0.717, 1.165) is 11.4 Å². The molecule has 1 fully saturated rings. The molecule has 0 heterocycles. The number of benzene rings is 1. The first-order valence-electron chi connectivity index (χ1n) is 6.28. The van der Waals surface area contributed by atoms with Crippen LogP contribution in [-0.2, 0) is 0 Å². The molecule has 2 rings (SSSR count). The molecular formula is C14H21NO. The van der Waals surface area contributed by atoms with Crippen LogP contribution in [0.15, 0.2) is 18.2 Å². The highest BCUT2D eigenvalue weighted by atomic mass is 16.5. The molecule has 88 valence electrons. The van der Waals surface area contributed by atoms with Crippen LogP contribution in [-0.4, -0.2) is 6.10 Å². The molecule has 1 aromatic rings. The lowest BCUT2D eigenvalue weighted by Gasteiger charge is -2.17. The Morgan fingerprint density at radius 1 is 1.06 bits per heavy atom. The molecule has 2 N–H and O–H groups in total. The van der Waals surface area contributed by atoms with Crippen LogP contribution < -0.4 is 10.5 Å². The minimum atomic E-state index is 0.392. The van der Waals surface area contributed by atoms with Gasteiger partial charge < -0.3 is 10.5 Å². The van der Waals surface area contributed by atoms with Crippen LogP contribution in [0, 0.1) is 6.92 Å². The summed E-state index contributed by atoms with van der Waals surface area (Å²) in [5.74, 6) is 0.935. The first-order chi connectivity index (χ1) is 7.74. The van der Waals surface area contributed by atoms with Crippen LogP contribution in [0.3, 0.4) is 0 Å². The van der Waals surface area contributed by atoms with E-state index in [9.17, 15) is 0 Å². The van der Waals surface area contributed by atoms with Crippen molar-refractivity contribution in [2.45, 2.75) is 51.6 Å². The van der Waals surface area contributed by atoms with Gasteiger partial charge in [0.15, 0.2) is 0 Å². The summed E-state index contributed by atoms with van der Waals surface area (Å²) in [5, 5.41) is 0. The van der Waals surface area contributed by atoms with Crippen LogP contribution in [0.5, 0.6) is 5.75 Å². The van der Waals surface area contributed by atoms with Crippen LogP contribution in [0.25, 0.3) is 0 Å². The van der Waals surface area contributed by atoms with Crippen molar-refractivity contribution < 1.29 is 4.74 Å². The molecule has 2 heteroatoms. The second-order valence-corrected chi connectivity index (χ2v) is 4.81. The molecule has 0 radical (unpaired) electrons. The fourth-order valence-corrected chi connectivity index (χ4v) is 2.40. The van der Waals surface area contributed by atoms with Gasteiger partial charge in [0.2, 0.25) is 0 Å². The highest BCUT2D eigenvalue weighted by Crippen LogP contribution is 2.25. The first kappa shape index (κ1) is 11.3. The Kier molecular flexibility index (Phi) is 3.70. The normalized spacial score (nSPS) is 18.1. The van der Waals surface area contributed by atoms with E-state index >= 15 is 0 Å².